The quantitative estimate of drug-likeness (QED) is 0.262. The molecule has 31 heavy (non-hydrogen) atoms. The van der Waals surface area contributed by atoms with Gasteiger partial charge in [-0.15, -0.1) is 0 Å². The summed E-state index contributed by atoms with van der Waals surface area (Å²) in [6, 6.07) is 35.4. The Bertz CT molecular complexity index is 1170. The summed E-state index contributed by atoms with van der Waals surface area (Å²) in [7, 11) is -0.142. The van der Waals surface area contributed by atoms with Crippen molar-refractivity contribution in [3.63, 3.8) is 0 Å². The van der Waals surface area contributed by atoms with Gasteiger partial charge in [-0.05, 0) is 77.6 Å². The van der Waals surface area contributed by atoms with E-state index in [4.69, 9.17) is 5.73 Å². The van der Waals surface area contributed by atoms with Crippen LogP contribution in [0.3, 0.4) is 0 Å². The van der Waals surface area contributed by atoms with Crippen LogP contribution in [0.2, 0.25) is 0 Å². The summed E-state index contributed by atoms with van der Waals surface area (Å²) >= 11 is 0. The molecule has 0 aliphatic heterocycles. The van der Waals surface area contributed by atoms with Gasteiger partial charge in [0.2, 0.25) is 0 Å². The number of hydrogen-bond acceptors (Lipinski definition) is 1. The second-order valence-corrected chi connectivity index (χ2v) is 10.3. The van der Waals surface area contributed by atoms with Crippen molar-refractivity contribution in [3.8, 4) is 11.1 Å². The molecule has 0 spiro atoms. The zero-order valence-electron chi connectivity index (χ0n) is 18.1. The van der Waals surface area contributed by atoms with Gasteiger partial charge < -0.3 is 5.73 Å². The minimum absolute atomic E-state index is 0.0523. The van der Waals surface area contributed by atoms with E-state index in [0.29, 0.717) is 0 Å². The first-order valence-electron chi connectivity index (χ1n) is 11.1. The third kappa shape index (κ3) is 3.18. The maximum atomic E-state index is 6.23. The van der Waals surface area contributed by atoms with Crippen LogP contribution in [-0.2, 0) is 16.3 Å². The van der Waals surface area contributed by atoms with E-state index < -0.39 is 0 Å². The van der Waals surface area contributed by atoms with Gasteiger partial charge in [-0.3, -0.25) is 0 Å². The first-order chi connectivity index (χ1) is 15.2. The minimum Gasteiger partial charge on any atom is -0.399 e. The molecule has 0 fully saturated rings. The summed E-state index contributed by atoms with van der Waals surface area (Å²) in [5.41, 5.74) is 12.7. The van der Waals surface area contributed by atoms with Gasteiger partial charge in [0.1, 0.15) is 0 Å². The van der Waals surface area contributed by atoms with Crippen LogP contribution in [0.15, 0.2) is 112 Å². The molecule has 2 N–H and O–H groups in total. The lowest BCUT2D eigenvalue weighted by Crippen LogP contribution is -2.23. The zero-order valence-corrected chi connectivity index (χ0v) is 19.0. The van der Waals surface area contributed by atoms with Gasteiger partial charge in [0, 0.05) is 17.2 Å². The average Bonchev–Trinajstić information content (AvgIpc) is 3.09. The highest BCUT2D eigenvalue weighted by molar-refractivity contribution is 7.97. The molecule has 0 amide bonds. The molecule has 0 saturated heterocycles. The van der Waals surface area contributed by atoms with Gasteiger partial charge in [-0.1, -0.05) is 62.4 Å². The van der Waals surface area contributed by atoms with Crippen molar-refractivity contribution in [2.24, 2.45) is 0 Å². The Labute approximate surface area is 188 Å². The van der Waals surface area contributed by atoms with Crippen molar-refractivity contribution in [1.82, 2.24) is 0 Å². The molecule has 0 unspecified atom stereocenters. The Hall–Kier alpha value is -2.97. The molecule has 0 saturated carbocycles. The molecule has 5 rings (SSSR count). The third-order valence-electron chi connectivity index (χ3n) is 6.76. The van der Waals surface area contributed by atoms with Gasteiger partial charge in [0.05, 0.1) is 10.9 Å². The predicted molar refractivity (Wildman–Crippen MR) is 133 cm³/mol. The van der Waals surface area contributed by atoms with Crippen molar-refractivity contribution < 1.29 is 0 Å². The topological polar surface area (TPSA) is 26.0 Å². The molecule has 2 heteroatoms. The smallest absolute Gasteiger partial charge is 0.167 e. The second kappa shape index (κ2) is 7.94. The van der Waals surface area contributed by atoms with E-state index in [1.165, 1.54) is 36.9 Å². The van der Waals surface area contributed by atoms with E-state index >= 15 is 0 Å². The van der Waals surface area contributed by atoms with Gasteiger partial charge in [0.15, 0.2) is 14.7 Å². The Kier molecular flexibility index (Phi) is 5.11. The molecule has 154 valence electrons. The maximum absolute atomic E-state index is 6.23. The van der Waals surface area contributed by atoms with E-state index in [9.17, 15) is 0 Å². The summed E-state index contributed by atoms with van der Waals surface area (Å²) in [5, 5.41) is 0. The molecule has 4 aromatic rings. The molecule has 1 aliphatic rings. The van der Waals surface area contributed by atoms with E-state index in [0.717, 1.165) is 18.5 Å². The van der Waals surface area contributed by atoms with Crippen molar-refractivity contribution in [2.45, 2.75) is 46.8 Å². The maximum Gasteiger partial charge on any atom is 0.167 e. The summed E-state index contributed by atoms with van der Waals surface area (Å²) < 4.78 is 0. The highest BCUT2D eigenvalue weighted by Crippen LogP contribution is 2.54. The second-order valence-electron chi connectivity index (χ2n) is 8.23. The number of anilines is 1. The van der Waals surface area contributed by atoms with Crippen LogP contribution >= 0.6 is 0 Å². The Morgan fingerprint density at radius 2 is 1.23 bits per heavy atom. The molecule has 0 bridgehead atoms. The lowest BCUT2D eigenvalue weighted by Gasteiger charge is -2.29. The van der Waals surface area contributed by atoms with E-state index in [2.05, 4.69) is 105 Å². The Morgan fingerprint density at radius 3 is 1.81 bits per heavy atom. The summed E-state index contributed by atoms with van der Waals surface area (Å²) in [6.07, 6.45) is 2.16. The van der Waals surface area contributed by atoms with E-state index in [1.54, 1.807) is 0 Å². The summed E-state index contributed by atoms with van der Waals surface area (Å²) in [6.45, 7) is 4.61. The van der Waals surface area contributed by atoms with Crippen LogP contribution in [0.25, 0.3) is 11.1 Å². The van der Waals surface area contributed by atoms with Crippen LogP contribution in [0, 0.1) is 0 Å². The van der Waals surface area contributed by atoms with E-state index in [-0.39, 0.29) is 16.3 Å². The van der Waals surface area contributed by atoms with Gasteiger partial charge in [-0.25, -0.2) is 0 Å². The lowest BCUT2D eigenvalue weighted by atomic mass is 9.74. The van der Waals surface area contributed by atoms with Crippen molar-refractivity contribution in [2.75, 3.05) is 5.73 Å². The standard InChI is InChI=1S/C29H28NS/c1-3-29(4-2)27-18-16-24(20-26(27)25-17-15-21(30)19-28(25)29)31(22-11-7-5-8-12-22)23-13-9-6-10-14-23/h5-20H,3-4,30H2,1-2H3/q+1. The molecule has 0 radical (unpaired) electrons. The molecular formula is C29H28NS+. The normalized spacial score (nSPS) is 13.8. The number of hydrogen-bond donors (Lipinski definition) is 1. The summed E-state index contributed by atoms with van der Waals surface area (Å²) in [4.78, 5) is 4.06. The third-order valence-corrected chi connectivity index (χ3v) is 8.97. The highest BCUT2D eigenvalue weighted by Gasteiger charge is 2.42. The molecule has 4 aromatic carbocycles. The fourth-order valence-corrected chi connectivity index (χ4v) is 7.28. The van der Waals surface area contributed by atoms with Crippen LogP contribution < -0.4 is 5.73 Å². The van der Waals surface area contributed by atoms with Crippen LogP contribution in [0.1, 0.15) is 37.8 Å². The fraction of sp³-hybridized carbons (Fsp3) is 0.172. The van der Waals surface area contributed by atoms with Gasteiger partial charge in [0.25, 0.3) is 0 Å². The molecule has 1 aliphatic carbocycles. The van der Waals surface area contributed by atoms with Crippen LogP contribution in [0.4, 0.5) is 5.69 Å². The van der Waals surface area contributed by atoms with Crippen molar-refractivity contribution >= 4 is 16.6 Å². The highest BCUT2D eigenvalue weighted by atomic mass is 32.2. The van der Waals surface area contributed by atoms with Crippen LogP contribution in [0.5, 0.6) is 0 Å². The predicted octanol–water partition coefficient (Wildman–Crippen LogP) is 7.45. The number of nitrogen functional groups attached to an aromatic ring is 1. The van der Waals surface area contributed by atoms with Crippen molar-refractivity contribution in [1.29, 1.82) is 0 Å². The Morgan fingerprint density at radius 1 is 0.613 bits per heavy atom. The van der Waals surface area contributed by atoms with Crippen molar-refractivity contribution in [3.05, 3.63) is 108 Å². The SMILES string of the molecule is CCC1(CC)c2ccc([S+](c3ccccc3)c3ccccc3)cc2-c2ccc(N)cc21. The first-order valence-corrected chi connectivity index (χ1v) is 12.3. The monoisotopic (exact) mass is 422 g/mol. The Balaban J connectivity index is 1.73. The molecule has 0 heterocycles. The molecular weight excluding hydrogens is 394 g/mol. The van der Waals surface area contributed by atoms with E-state index in [1.807, 2.05) is 6.07 Å². The fourth-order valence-electron chi connectivity index (χ4n) is 5.16. The zero-order chi connectivity index (χ0) is 21.4. The summed E-state index contributed by atoms with van der Waals surface area (Å²) in [5.74, 6) is 0. The first kappa shape index (κ1) is 20.0. The number of nitrogens with two attached hydrogens (primary N) is 1. The largest absolute Gasteiger partial charge is 0.399 e. The lowest BCUT2D eigenvalue weighted by molar-refractivity contribution is 0.490. The molecule has 0 aromatic heterocycles. The van der Waals surface area contributed by atoms with Gasteiger partial charge >= 0.3 is 0 Å². The molecule has 1 nitrogen and oxygen atoms in total. The van der Waals surface area contributed by atoms with Crippen LogP contribution in [-0.4, -0.2) is 0 Å². The van der Waals surface area contributed by atoms with Gasteiger partial charge in [-0.2, -0.15) is 0 Å². The molecule has 0 atom stereocenters. The number of rotatable bonds is 5. The number of benzene rings is 4. The minimum atomic E-state index is -0.142. The average molecular weight is 423 g/mol. The number of fused-ring (bicyclic) bond motifs is 3.